The van der Waals surface area contributed by atoms with Crippen LogP contribution < -0.4 is 0 Å². The zero-order chi connectivity index (χ0) is 3.54. The van der Waals surface area contributed by atoms with Gasteiger partial charge in [0.05, 0.1) is 6.20 Å². The largest absolute Gasteiger partial charge is 0.0838 e. The van der Waals surface area contributed by atoms with E-state index in [1.54, 1.807) is 0 Å². The Morgan fingerprint density at radius 1 is 1.60 bits per heavy atom. The van der Waals surface area contributed by atoms with Crippen LogP contribution in [0.1, 0.15) is 0 Å². The first kappa shape index (κ1) is 2.61. The van der Waals surface area contributed by atoms with Gasteiger partial charge in [0.2, 0.25) is 0 Å². The third-order valence-corrected chi connectivity index (χ3v) is 0.569. The zero-order valence-electron chi connectivity index (χ0n) is 2.30. The van der Waals surface area contributed by atoms with Crippen LogP contribution in [-0.2, 0) is 0 Å². The molecule has 0 amide bonds. The molecule has 0 atom stereocenters. The van der Waals surface area contributed by atoms with E-state index in [1.807, 2.05) is 0 Å². The summed E-state index contributed by atoms with van der Waals surface area (Å²) in [6.07, 6.45) is 2.39. The number of rotatable bonds is 0. The number of hydrogen-bond acceptors (Lipinski definition) is 3. The van der Waals surface area contributed by atoms with Crippen LogP contribution in [0, 0.1) is 11.6 Å². The Morgan fingerprint density at radius 3 is 2.80 bits per heavy atom. The molecule has 0 saturated heterocycles. The van der Waals surface area contributed by atoms with Gasteiger partial charge in [0, 0.05) is 16.9 Å². The minimum atomic E-state index is 1.17. The molecule has 0 aromatic carbocycles. The van der Waals surface area contributed by atoms with Gasteiger partial charge in [0.25, 0.3) is 0 Å². The molecule has 0 aliphatic heterocycles. The van der Waals surface area contributed by atoms with Crippen molar-refractivity contribution >= 4 is 11.5 Å². The van der Waals surface area contributed by atoms with Crippen molar-refractivity contribution in [2.45, 2.75) is 0 Å². The average Bonchev–Trinajstić information content (AvgIpc) is 1.76. The van der Waals surface area contributed by atoms with Crippen LogP contribution in [0.15, 0.2) is 0 Å². The molecule has 0 N–H and O–H groups in total. The number of nitrogens with zero attached hydrogens (tertiary/aromatic N) is 2. The van der Waals surface area contributed by atoms with Gasteiger partial charge < -0.3 is 0 Å². The zero-order valence-corrected chi connectivity index (χ0v) is 3.12. The Morgan fingerprint density at radius 2 is 2.60 bits per heavy atom. The summed E-state index contributed by atoms with van der Waals surface area (Å²) in [5.74, 6) is 0. The molecule has 0 saturated carbocycles. The smallest absolute Gasteiger partial charge is 0.0763 e. The summed E-state index contributed by atoms with van der Waals surface area (Å²) in [7, 11) is 0. The topological polar surface area (TPSA) is 25.8 Å². The lowest BCUT2D eigenvalue weighted by Crippen LogP contribution is -1.51. The molecule has 0 aliphatic rings. The molecule has 0 spiro atoms. The van der Waals surface area contributed by atoms with Crippen LogP contribution in [0.3, 0.4) is 0 Å². The molecule has 0 unspecified atom stereocenters. The minimum Gasteiger partial charge on any atom is -0.0838 e. The lowest BCUT2D eigenvalue weighted by Gasteiger charge is -1.38. The second kappa shape index (κ2) is 0.998. The first-order valence-corrected chi connectivity index (χ1v) is 1.83. The summed E-state index contributed by atoms with van der Waals surface area (Å²) in [5.41, 5.74) is 0. The van der Waals surface area contributed by atoms with E-state index >= 15 is 0 Å². The molecular formula is C2N2S. The predicted molar refractivity (Wildman–Crippen MR) is 17.6 cm³/mol. The first-order chi connectivity index (χ1) is 2.50. The van der Waals surface area contributed by atoms with E-state index < -0.39 is 0 Å². The van der Waals surface area contributed by atoms with Crippen molar-refractivity contribution < 1.29 is 0 Å². The van der Waals surface area contributed by atoms with E-state index in [9.17, 15) is 0 Å². The highest BCUT2D eigenvalue weighted by molar-refractivity contribution is 7.02. The van der Waals surface area contributed by atoms with Gasteiger partial charge in [-0.3, -0.25) is 0 Å². The molecule has 1 aromatic rings. The van der Waals surface area contributed by atoms with Gasteiger partial charge in [0.15, 0.2) is 0 Å². The Balaban J connectivity index is 3.13. The van der Waals surface area contributed by atoms with Gasteiger partial charge in [-0.2, -0.15) is 0 Å². The lowest BCUT2D eigenvalue weighted by atomic mass is 11.3. The molecule has 0 bridgehead atoms. The van der Waals surface area contributed by atoms with Gasteiger partial charge in [0.1, 0.15) is 0 Å². The van der Waals surface area contributed by atoms with Crippen LogP contribution in [0.4, 0.5) is 0 Å². The molecule has 1 aromatic heterocycles. The standard InChI is InChI=1S/C2N2S/c1-2-5-4-3-1. The molecule has 1 heterocycles. The molecule has 1 rings (SSSR count). The maximum Gasteiger partial charge on any atom is 0.0763 e. The van der Waals surface area contributed by atoms with Gasteiger partial charge in [-0.05, 0) is 0 Å². The highest BCUT2D eigenvalue weighted by Gasteiger charge is 1.54. The normalized spacial score (nSPS) is 6.40. The lowest BCUT2D eigenvalue weighted by molar-refractivity contribution is 1.16. The second-order valence-electron chi connectivity index (χ2n) is 0.487. The maximum atomic E-state index is 3.40. The van der Waals surface area contributed by atoms with Gasteiger partial charge in [-0.25, -0.2) is 0 Å². The van der Waals surface area contributed by atoms with E-state index in [0.717, 1.165) is 0 Å². The average molecular weight is 84.1 g/mol. The Bertz CT molecular complexity index is 64.1. The Hall–Kier alpha value is -0.620. The maximum absolute atomic E-state index is 3.40. The minimum absolute atomic E-state index is 1.17. The van der Waals surface area contributed by atoms with Crippen molar-refractivity contribution in [2.75, 3.05) is 0 Å². The number of hydrogen-bond donors (Lipinski definition) is 0. The highest BCUT2D eigenvalue weighted by Crippen LogP contribution is 1.67. The van der Waals surface area contributed by atoms with Crippen LogP contribution in [0.2, 0.25) is 0 Å². The fraction of sp³-hybridized carbons (Fsp3) is 0. The van der Waals surface area contributed by atoms with E-state index in [1.165, 1.54) is 11.5 Å². The van der Waals surface area contributed by atoms with Gasteiger partial charge in [-0.15, -0.1) is 0 Å². The van der Waals surface area contributed by atoms with Crippen LogP contribution in [0.5, 0.6) is 0 Å². The monoisotopic (exact) mass is 84.0 g/mol. The third kappa shape index (κ3) is 0.336. The van der Waals surface area contributed by atoms with E-state index in [2.05, 4.69) is 21.2 Å². The van der Waals surface area contributed by atoms with Crippen LogP contribution in [0.25, 0.3) is 0 Å². The SMILES string of the molecule is c1nnsc#1. The number of aromatic nitrogens is 2. The molecule has 0 aliphatic carbocycles. The molecule has 0 radical (unpaired) electrons. The molecule has 24 valence electrons. The Kier molecular flexibility index (Phi) is 0.521. The predicted octanol–water partition coefficient (Wildman–Crippen LogP) is 0.138. The fourth-order valence-corrected chi connectivity index (χ4v) is 0.306. The van der Waals surface area contributed by atoms with Gasteiger partial charge >= 0.3 is 0 Å². The molecular weight excluding hydrogens is 84.1 g/mol. The molecule has 3 heteroatoms. The van der Waals surface area contributed by atoms with Crippen molar-refractivity contribution in [1.29, 1.82) is 0 Å². The van der Waals surface area contributed by atoms with Crippen LogP contribution >= 0.6 is 11.5 Å². The van der Waals surface area contributed by atoms with Crippen molar-refractivity contribution in [1.82, 2.24) is 9.59 Å². The van der Waals surface area contributed by atoms with Crippen molar-refractivity contribution in [3.8, 4) is 0 Å². The third-order valence-electron chi connectivity index (χ3n) is 0.223. The van der Waals surface area contributed by atoms with Crippen LogP contribution in [-0.4, -0.2) is 9.59 Å². The summed E-state index contributed by atoms with van der Waals surface area (Å²) >= 11 is 1.17. The summed E-state index contributed by atoms with van der Waals surface area (Å²) < 4.78 is 3.40. The fourth-order valence-electron chi connectivity index (χ4n) is 0.102. The van der Waals surface area contributed by atoms with E-state index in [4.69, 9.17) is 0 Å². The summed E-state index contributed by atoms with van der Waals surface area (Å²) in [6, 6.07) is 0. The molecule has 2 nitrogen and oxygen atoms in total. The second-order valence-corrected chi connectivity index (χ2v) is 1.04. The molecule has 0 fully saturated rings. The van der Waals surface area contributed by atoms with Crippen molar-refractivity contribution in [3.05, 3.63) is 11.6 Å². The molecule has 5 heavy (non-hydrogen) atoms. The summed E-state index contributed by atoms with van der Waals surface area (Å²) in [4.78, 5) is 0. The Labute approximate surface area is 33.6 Å². The summed E-state index contributed by atoms with van der Waals surface area (Å²) in [5, 5.41) is 5.87. The highest BCUT2D eigenvalue weighted by atomic mass is 32.1. The summed E-state index contributed by atoms with van der Waals surface area (Å²) in [6.45, 7) is 0. The van der Waals surface area contributed by atoms with E-state index in [-0.39, 0.29) is 0 Å². The quantitative estimate of drug-likeness (QED) is 0.446. The van der Waals surface area contributed by atoms with Gasteiger partial charge in [-0.1, -0.05) is 9.59 Å². The van der Waals surface area contributed by atoms with Crippen molar-refractivity contribution in [2.24, 2.45) is 0 Å². The first-order valence-electron chi connectivity index (χ1n) is 1.06. The van der Waals surface area contributed by atoms with Crippen molar-refractivity contribution in [3.63, 3.8) is 0 Å². The van der Waals surface area contributed by atoms with E-state index in [0.29, 0.717) is 0 Å².